The molecule has 3 heteroatoms. The van der Waals surface area contributed by atoms with Gasteiger partial charge in [0, 0.05) is 6.54 Å². The Morgan fingerprint density at radius 2 is 2.23 bits per heavy atom. The first-order chi connectivity index (χ1) is 6.21. The molecule has 0 aromatic heterocycles. The molecule has 0 bridgehead atoms. The van der Waals surface area contributed by atoms with Gasteiger partial charge in [0.2, 0.25) is 5.91 Å². The van der Waals surface area contributed by atoms with Gasteiger partial charge >= 0.3 is 0 Å². The lowest BCUT2D eigenvalue weighted by atomic mass is 10.2. The highest BCUT2D eigenvalue weighted by molar-refractivity contribution is 5.91. The maximum atomic E-state index is 11.9. The Bertz CT molecular complexity index is 256. The zero-order valence-corrected chi connectivity index (χ0v) is 8.05. The van der Waals surface area contributed by atoms with E-state index in [0.717, 1.165) is 25.3 Å². The number of rotatable bonds is 2. The summed E-state index contributed by atoms with van der Waals surface area (Å²) in [7, 11) is 0. The predicted octanol–water partition coefficient (Wildman–Crippen LogP) is 0.707. The minimum absolute atomic E-state index is 0.103. The zero-order valence-electron chi connectivity index (χ0n) is 8.05. The number of hydrogen-bond donors (Lipinski definition) is 1. The maximum absolute atomic E-state index is 11.9. The van der Waals surface area contributed by atoms with Crippen LogP contribution in [0.1, 0.15) is 32.6 Å². The number of hydrogen-bond acceptors (Lipinski definition) is 2. The van der Waals surface area contributed by atoms with Gasteiger partial charge in [-0.3, -0.25) is 10.1 Å². The number of carbonyl (C=O) groups is 1. The lowest BCUT2D eigenvalue weighted by Gasteiger charge is -2.20. The fraction of sp³-hybridized carbons (Fsp3) is 0.900. The van der Waals surface area contributed by atoms with Crippen molar-refractivity contribution in [3.05, 3.63) is 0 Å². The summed E-state index contributed by atoms with van der Waals surface area (Å²) in [5.74, 6) is 1.18. The summed E-state index contributed by atoms with van der Waals surface area (Å²) >= 11 is 0. The highest BCUT2D eigenvalue weighted by atomic mass is 16.2. The first-order valence-corrected chi connectivity index (χ1v) is 5.30. The van der Waals surface area contributed by atoms with Gasteiger partial charge in [-0.05, 0) is 38.5 Å². The van der Waals surface area contributed by atoms with Gasteiger partial charge < -0.3 is 4.90 Å². The molecule has 1 saturated heterocycles. The second kappa shape index (κ2) is 2.27. The van der Waals surface area contributed by atoms with E-state index in [1.807, 2.05) is 4.90 Å². The molecule has 3 fully saturated rings. The van der Waals surface area contributed by atoms with E-state index in [4.69, 9.17) is 0 Å². The fourth-order valence-corrected chi connectivity index (χ4v) is 2.29. The van der Waals surface area contributed by atoms with Crippen LogP contribution in [-0.4, -0.2) is 29.1 Å². The molecule has 2 aliphatic carbocycles. The molecular weight excluding hydrogens is 164 g/mol. The third-order valence-corrected chi connectivity index (χ3v) is 3.52. The smallest absolute Gasteiger partial charge is 0.244 e. The average Bonchev–Trinajstić information content (AvgIpc) is 2.93. The molecule has 1 N–H and O–H groups in total. The van der Waals surface area contributed by atoms with Crippen molar-refractivity contribution in [2.45, 2.75) is 44.3 Å². The fourth-order valence-electron chi connectivity index (χ4n) is 2.29. The monoisotopic (exact) mass is 180 g/mol. The van der Waals surface area contributed by atoms with Crippen LogP contribution in [0.25, 0.3) is 0 Å². The summed E-state index contributed by atoms with van der Waals surface area (Å²) < 4.78 is 0. The molecule has 0 aromatic carbocycles. The van der Waals surface area contributed by atoms with Crippen LogP contribution < -0.4 is 5.32 Å². The summed E-state index contributed by atoms with van der Waals surface area (Å²) in [6.07, 6.45) is 5.03. The van der Waals surface area contributed by atoms with Crippen molar-refractivity contribution in [1.82, 2.24) is 10.2 Å². The molecule has 3 rings (SSSR count). The van der Waals surface area contributed by atoms with Gasteiger partial charge in [0.25, 0.3) is 0 Å². The van der Waals surface area contributed by atoms with Crippen LogP contribution >= 0.6 is 0 Å². The largest absolute Gasteiger partial charge is 0.326 e. The molecule has 1 amide bonds. The number of nitrogens with zero attached hydrogens (tertiary/aromatic N) is 1. The van der Waals surface area contributed by atoms with E-state index in [1.54, 1.807) is 0 Å². The zero-order chi connectivity index (χ0) is 9.05. The maximum Gasteiger partial charge on any atom is 0.244 e. The van der Waals surface area contributed by atoms with Crippen LogP contribution in [-0.2, 0) is 4.79 Å². The molecule has 13 heavy (non-hydrogen) atoms. The Kier molecular flexibility index (Phi) is 1.36. The molecule has 1 aliphatic heterocycles. The summed E-state index contributed by atoms with van der Waals surface area (Å²) in [6.45, 7) is 3.10. The third-order valence-electron chi connectivity index (χ3n) is 3.52. The number of nitrogens with one attached hydrogen (secondary N) is 1. The highest BCUT2D eigenvalue weighted by Crippen LogP contribution is 2.43. The van der Waals surface area contributed by atoms with E-state index in [-0.39, 0.29) is 11.7 Å². The van der Waals surface area contributed by atoms with Crippen LogP contribution in [0.5, 0.6) is 0 Å². The van der Waals surface area contributed by atoms with Crippen LogP contribution in [0, 0.1) is 5.92 Å². The van der Waals surface area contributed by atoms with Gasteiger partial charge in [0.05, 0.1) is 11.7 Å². The SMILES string of the molecule is CC1NC2(CC2)C(=O)N1CC1CC1. The normalized spacial score (nSPS) is 35.9. The Morgan fingerprint density at radius 3 is 2.69 bits per heavy atom. The number of carbonyl (C=O) groups excluding carboxylic acids is 1. The van der Waals surface area contributed by atoms with Gasteiger partial charge in [-0.2, -0.15) is 0 Å². The van der Waals surface area contributed by atoms with Gasteiger partial charge in [-0.25, -0.2) is 0 Å². The molecule has 1 unspecified atom stereocenters. The van der Waals surface area contributed by atoms with Crippen molar-refractivity contribution in [1.29, 1.82) is 0 Å². The summed E-state index contributed by atoms with van der Waals surface area (Å²) in [6, 6.07) is 0. The van der Waals surface area contributed by atoms with Crippen LogP contribution in [0.2, 0.25) is 0 Å². The van der Waals surface area contributed by atoms with E-state index >= 15 is 0 Å². The minimum Gasteiger partial charge on any atom is -0.326 e. The lowest BCUT2D eigenvalue weighted by molar-refractivity contribution is -0.130. The van der Waals surface area contributed by atoms with Crippen molar-refractivity contribution >= 4 is 5.91 Å². The van der Waals surface area contributed by atoms with Crippen molar-refractivity contribution in [3.63, 3.8) is 0 Å². The molecule has 3 nitrogen and oxygen atoms in total. The summed E-state index contributed by atoms with van der Waals surface area (Å²) in [5.41, 5.74) is -0.103. The van der Waals surface area contributed by atoms with E-state index in [0.29, 0.717) is 5.91 Å². The van der Waals surface area contributed by atoms with Crippen molar-refractivity contribution in [2.24, 2.45) is 5.92 Å². The van der Waals surface area contributed by atoms with Crippen molar-refractivity contribution in [2.75, 3.05) is 6.54 Å². The molecular formula is C10H16N2O. The van der Waals surface area contributed by atoms with E-state index in [9.17, 15) is 4.79 Å². The van der Waals surface area contributed by atoms with Gasteiger partial charge in [-0.15, -0.1) is 0 Å². The molecule has 1 atom stereocenters. The topological polar surface area (TPSA) is 32.3 Å². The van der Waals surface area contributed by atoms with Crippen molar-refractivity contribution < 1.29 is 4.79 Å². The van der Waals surface area contributed by atoms with Crippen LogP contribution in [0.4, 0.5) is 0 Å². The summed E-state index contributed by atoms with van der Waals surface area (Å²) in [5, 5.41) is 3.41. The van der Waals surface area contributed by atoms with E-state index in [1.165, 1.54) is 12.8 Å². The Balaban J connectivity index is 1.74. The molecule has 2 saturated carbocycles. The standard InChI is InChI=1S/C10H16N2O/c1-7-11-10(4-5-10)9(13)12(7)6-8-2-3-8/h7-8,11H,2-6H2,1H3. The summed E-state index contributed by atoms with van der Waals surface area (Å²) in [4.78, 5) is 14.0. The lowest BCUT2D eigenvalue weighted by Crippen LogP contribution is -2.36. The Labute approximate surface area is 78.5 Å². The average molecular weight is 180 g/mol. The third kappa shape index (κ3) is 1.10. The van der Waals surface area contributed by atoms with Gasteiger partial charge in [-0.1, -0.05) is 0 Å². The quantitative estimate of drug-likeness (QED) is 0.678. The predicted molar refractivity (Wildman–Crippen MR) is 49.0 cm³/mol. The van der Waals surface area contributed by atoms with E-state index < -0.39 is 0 Å². The molecule has 1 heterocycles. The highest BCUT2D eigenvalue weighted by Gasteiger charge is 2.58. The van der Waals surface area contributed by atoms with Crippen LogP contribution in [0.3, 0.4) is 0 Å². The molecule has 0 radical (unpaired) electrons. The number of amides is 1. The molecule has 0 aromatic rings. The Morgan fingerprint density at radius 1 is 1.54 bits per heavy atom. The molecule has 3 aliphatic rings. The Hall–Kier alpha value is -0.570. The minimum atomic E-state index is -0.103. The first kappa shape index (κ1) is 7.80. The van der Waals surface area contributed by atoms with Crippen LogP contribution in [0.15, 0.2) is 0 Å². The van der Waals surface area contributed by atoms with E-state index in [2.05, 4.69) is 12.2 Å². The second-order valence-electron chi connectivity index (χ2n) is 4.80. The van der Waals surface area contributed by atoms with Gasteiger partial charge in [0.15, 0.2) is 0 Å². The second-order valence-corrected chi connectivity index (χ2v) is 4.80. The molecule has 72 valence electrons. The molecule has 1 spiro atoms. The van der Waals surface area contributed by atoms with Crippen molar-refractivity contribution in [3.8, 4) is 0 Å². The first-order valence-electron chi connectivity index (χ1n) is 5.30. The van der Waals surface area contributed by atoms with Gasteiger partial charge in [0.1, 0.15) is 0 Å².